The Morgan fingerprint density at radius 1 is 0.290 bits per heavy atom. The molecule has 0 radical (unpaired) electrons. The molecular weight excluding hydrogens is 853 g/mol. The van der Waals surface area contributed by atoms with Crippen LogP contribution in [0.15, 0.2) is 72.9 Å². The molecule has 6 nitrogen and oxygen atoms in total. The lowest BCUT2D eigenvalue weighted by molar-refractivity contribution is -0.166. The highest BCUT2D eigenvalue weighted by atomic mass is 16.6. The topological polar surface area (TPSA) is 78.9 Å². The molecule has 0 N–H and O–H groups in total. The number of ether oxygens (including phenoxy) is 3. The fraction of sp³-hybridized carbons (Fsp3) is 0.762. The summed E-state index contributed by atoms with van der Waals surface area (Å²) in [5, 5.41) is 0. The van der Waals surface area contributed by atoms with E-state index in [9.17, 15) is 14.4 Å². The largest absolute Gasteiger partial charge is 0.462 e. The highest BCUT2D eigenvalue weighted by Crippen LogP contribution is 2.16. The minimum atomic E-state index is -0.804. The molecule has 0 aliphatic carbocycles. The molecule has 0 rings (SSSR count). The van der Waals surface area contributed by atoms with Crippen molar-refractivity contribution in [1.82, 2.24) is 0 Å². The molecule has 0 aromatic carbocycles. The van der Waals surface area contributed by atoms with E-state index in [1.165, 1.54) is 180 Å². The summed E-state index contributed by atoms with van der Waals surface area (Å²) in [5.74, 6) is -0.975. The standard InChI is InChI=1S/C63H110O6/c1-4-7-10-13-16-19-22-24-26-28-30-31-33-35-37-39-42-45-48-51-54-57-63(66)69-60(58-67-61(64)55-52-49-46-43-40-21-18-15-12-9-6-3)59-68-62(65)56-53-50-47-44-41-38-36-34-32-29-27-25-23-20-17-14-11-8-5-2/h17,20,24-27,32,34,38,41,47,50,60H,4-16,18-19,21-23,28-31,33,35-37,39-40,42-46,48-49,51-59H2,1-3H3/b20-17-,26-24-,27-25-,34-32-,41-38-,50-47-/t60-/m0/s1. The maximum absolute atomic E-state index is 12.9. The van der Waals surface area contributed by atoms with Crippen LogP contribution in [0, 0.1) is 0 Å². The van der Waals surface area contributed by atoms with Crippen LogP contribution in [0.5, 0.6) is 0 Å². The van der Waals surface area contributed by atoms with Gasteiger partial charge in [-0.2, -0.15) is 0 Å². The predicted octanol–water partition coefficient (Wildman–Crippen LogP) is 19.8. The van der Waals surface area contributed by atoms with Crippen LogP contribution in [0.25, 0.3) is 0 Å². The Kier molecular flexibility index (Phi) is 54.8. The van der Waals surface area contributed by atoms with E-state index in [-0.39, 0.29) is 37.5 Å². The Morgan fingerprint density at radius 3 is 0.942 bits per heavy atom. The quantitative estimate of drug-likeness (QED) is 0.0262. The number of hydrogen-bond donors (Lipinski definition) is 0. The SMILES string of the molecule is CCCCC/C=C\C/C=C\C/C=C\C/C=C\C/C=C\CCC(=O)OC[C@H](COC(=O)CCCCCCCCCCCCC)OC(=O)CCCCCCCCCCCCC/C=C\CCCCCCCC. The average Bonchev–Trinajstić information content (AvgIpc) is 3.35. The van der Waals surface area contributed by atoms with Crippen molar-refractivity contribution < 1.29 is 28.6 Å². The lowest BCUT2D eigenvalue weighted by Crippen LogP contribution is -2.30. The van der Waals surface area contributed by atoms with Crippen LogP contribution in [0.4, 0.5) is 0 Å². The molecule has 6 heteroatoms. The van der Waals surface area contributed by atoms with E-state index in [1.807, 2.05) is 6.08 Å². The van der Waals surface area contributed by atoms with Gasteiger partial charge in [0.25, 0.3) is 0 Å². The maximum atomic E-state index is 12.9. The summed E-state index contributed by atoms with van der Waals surface area (Å²) in [6.07, 6.45) is 73.4. The van der Waals surface area contributed by atoms with Gasteiger partial charge in [0.1, 0.15) is 13.2 Å². The minimum Gasteiger partial charge on any atom is -0.462 e. The van der Waals surface area contributed by atoms with Gasteiger partial charge < -0.3 is 14.2 Å². The number of rotatable bonds is 53. The first-order valence-corrected chi connectivity index (χ1v) is 29.4. The summed E-state index contributed by atoms with van der Waals surface area (Å²) in [7, 11) is 0. The Hall–Kier alpha value is -3.15. The summed E-state index contributed by atoms with van der Waals surface area (Å²) in [5.41, 5.74) is 0. The molecule has 0 aromatic rings. The zero-order valence-electron chi connectivity index (χ0n) is 45.6. The third kappa shape index (κ3) is 55.6. The van der Waals surface area contributed by atoms with Crippen LogP contribution in [-0.2, 0) is 28.6 Å². The van der Waals surface area contributed by atoms with Gasteiger partial charge in [-0.3, -0.25) is 14.4 Å². The van der Waals surface area contributed by atoms with Crippen molar-refractivity contribution in [3.63, 3.8) is 0 Å². The van der Waals surface area contributed by atoms with E-state index in [1.54, 1.807) is 0 Å². The molecular formula is C63H110O6. The zero-order chi connectivity index (χ0) is 50.0. The molecule has 0 aliphatic rings. The van der Waals surface area contributed by atoms with Crippen molar-refractivity contribution >= 4 is 17.9 Å². The Bertz CT molecular complexity index is 1290. The smallest absolute Gasteiger partial charge is 0.306 e. The van der Waals surface area contributed by atoms with Gasteiger partial charge in [0.05, 0.1) is 0 Å². The normalized spacial score (nSPS) is 12.6. The van der Waals surface area contributed by atoms with Crippen LogP contribution >= 0.6 is 0 Å². The van der Waals surface area contributed by atoms with Crippen LogP contribution < -0.4 is 0 Å². The molecule has 0 amide bonds. The second-order valence-corrected chi connectivity index (χ2v) is 19.6. The van der Waals surface area contributed by atoms with Crippen molar-refractivity contribution in [2.45, 2.75) is 297 Å². The predicted molar refractivity (Wildman–Crippen MR) is 298 cm³/mol. The number of hydrogen-bond acceptors (Lipinski definition) is 6. The van der Waals surface area contributed by atoms with Crippen molar-refractivity contribution in [1.29, 1.82) is 0 Å². The van der Waals surface area contributed by atoms with Crippen molar-refractivity contribution in [3.05, 3.63) is 72.9 Å². The first-order valence-electron chi connectivity index (χ1n) is 29.4. The van der Waals surface area contributed by atoms with Gasteiger partial charge in [0.2, 0.25) is 0 Å². The second-order valence-electron chi connectivity index (χ2n) is 19.6. The highest BCUT2D eigenvalue weighted by molar-refractivity contribution is 5.71. The first kappa shape index (κ1) is 65.8. The molecule has 0 aliphatic heterocycles. The molecule has 0 saturated heterocycles. The van der Waals surface area contributed by atoms with Crippen LogP contribution in [0.1, 0.15) is 290 Å². The molecule has 0 saturated carbocycles. The molecule has 0 bridgehead atoms. The molecule has 0 aromatic heterocycles. The Balaban J connectivity index is 4.41. The minimum absolute atomic E-state index is 0.0960. The van der Waals surface area contributed by atoms with Crippen LogP contribution in [0.3, 0.4) is 0 Å². The van der Waals surface area contributed by atoms with E-state index < -0.39 is 6.10 Å². The fourth-order valence-electron chi connectivity index (χ4n) is 8.24. The number of esters is 3. The Labute approximate surface area is 427 Å². The van der Waals surface area contributed by atoms with Crippen molar-refractivity contribution in [2.24, 2.45) is 0 Å². The Morgan fingerprint density at radius 2 is 0.551 bits per heavy atom. The number of carbonyl (C=O) groups excluding carboxylic acids is 3. The van der Waals surface area contributed by atoms with E-state index in [0.717, 1.165) is 64.2 Å². The molecule has 69 heavy (non-hydrogen) atoms. The molecule has 398 valence electrons. The maximum Gasteiger partial charge on any atom is 0.306 e. The third-order valence-electron chi connectivity index (χ3n) is 12.7. The summed E-state index contributed by atoms with van der Waals surface area (Å²) in [6, 6.07) is 0. The first-order chi connectivity index (χ1) is 34.0. The lowest BCUT2D eigenvalue weighted by Gasteiger charge is -2.18. The van der Waals surface area contributed by atoms with Crippen LogP contribution in [-0.4, -0.2) is 37.2 Å². The molecule has 1 atom stereocenters. The van der Waals surface area contributed by atoms with Gasteiger partial charge in [-0.1, -0.05) is 261 Å². The number of allylic oxidation sites excluding steroid dienone is 12. The summed E-state index contributed by atoms with van der Waals surface area (Å²) < 4.78 is 16.8. The van der Waals surface area contributed by atoms with Crippen LogP contribution in [0.2, 0.25) is 0 Å². The zero-order valence-corrected chi connectivity index (χ0v) is 45.6. The van der Waals surface area contributed by atoms with Gasteiger partial charge in [-0.25, -0.2) is 0 Å². The summed E-state index contributed by atoms with van der Waals surface area (Å²) in [6.45, 7) is 6.56. The molecule has 0 spiro atoms. The van der Waals surface area contributed by atoms with Gasteiger partial charge in [0, 0.05) is 19.3 Å². The van der Waals surface area contributed by atoms with Gasteiger partial charge in [0.15, 0.2) is 6.10 Å². The molecule has 0 heterocycles. The third-order valence-corrected chi connectivity index (χ3v) is 12.7. The van der Waals surface area contributed by atoms with Crippen molar-refractivity contribution in [2.75, 3.05) is 13.2 Å². The highest BCUT2D eigenvalue weighted by Gasteiger charge is 2.19. The van der Waals surface area contributed by atoms with Gasteiger partial charge in [-0.15, -0.1) is 0 Å². The summed E-state index contributed by atoms with van der Waals surface area (Å²) in [4.78, 5) is 38.1. The molecule has 0 fully saturated rings. The van der Waals surface area contributed by atoms with Gasteiger partial charge in [-0.05, 0) is 83.5 Å². The van der Waals surface area contributed by atoms with E-state index in [4.69, 9.17) is 14.2 Å². The second kappa shape index (κ2) is 57.4. The fourth-order valence-corrected chi connectivity index (χ4v) is 8.24. The number of unbranched alkanes of at least 4 members (excludes halogenated alkanes) is 30. The monoisotopic (exact) mass is 963 g/mol. The van der Waals surface area contributed by atoms with E-state index in [0.29, 0.717) is 19.3 Å². The number of carbonyl (C=O) groups is 3. The lowest BCUT2D eigenvalue weighted by atomic mass is 10.0. The molecule has 0 unspecified atom stereocenters. The summed E-state index contributed by atoms with van der Waals surface area (Å²) >= 11 is 0. The van der Waals surface area contributed by atoms with Gasteiger partial charge >= 0.3 is 17.9 Å². The van der Waals surface area contributed by atoms with E-state index in [2.05, 4.69) is 87.6 Å². The average molecular weight is 964 g/mol. The van der Waals surface area contributed by atoms with E-state index >= 15 is 0 Å². The van der Waals surface area contributed by atoms with Crippen molar-refractivity contribution in [3.8, 4) is 0 Å².